The first kappa shape index (κ1) is 19.9. The van der Waals surface area contributed by atoms with E-state index in [1.54, 1.807) is 26.8 Å². The molecule has 0 radical (unpaired) electrons. The Bertz CT molecular complexity index is 1070. The van der Waals surface area contributed by atoms with Crippen LogP contribution in [0.2, 0.25) is 0 Å². The zero-order valence-corrected chi connectivity index (χ0v) is 16.0. The van der Waals surface area contributed by atoms with Gasteiger partial charge in [-0.25, -0.2) is 4.79 Å². The molecule has 0 saturated heterocycles. The number of hydrazone groups is 1. The number of amides is 2. The molecule has 2 aromatic rings. The molecule has 0 atom stereocenters. The van der Waals surface area contributed by atoms with Gasteiger partial charge < -0.3 is 9.30 Å². The standard InChI is InChI=1S/C19H18N4O6/c1-4-29-19(26)16-11(2)17-18(25)22(15(24)10-21(17)12(16)3)20-9-13-6-5-7-14(8-13)23(27)28/h5-9H,4,10H2,1-3H3. The van der Waals surface area contributed by atoms with Gasteiger partial charge in [-0.3, -0.25) is 19.7 Å². The monoisotopic (exact) mass is 398 g/mol. The second-order valence-corrected chi connectivity index (χ2v) is 6.35. The average molecular weight is 398 g/mol. The first-order chi connectivity index (χ1) is 13.8. The van der Waals surface area contributed by atoms with Gasteiger partial charge >= 0.3 is 5.97 Å². The quantitative estimate of drug-likeness (QED) is 0.250. The van der Waals surface area contributed by atoms with Crippen molar-refractivity contribution >= 4 is 29.7 Å². The number of carbonyl (C=O) groups excluding carboxylic acids is 3. The highest BCUT2D eigenvalue weighted by Crippen LogP contribution is 2.27. The van der Waals surface area contributed by atoms with Gasteiger partial charge in [-0.05, 0) is 26.3 Å². The number of benzene rings is 1. The number of hydrogen-bond donors (Lipinski definition) is 0. The van der Waals surface area contributed by atoms with E-state index in [1.807, 2.05) is 0 Å². The molecule has 150 valence electrons. The summed E-state index contributed by atoms with van der Waals surface area (Å²) in [4.78, 5) is 47.9. The summed E-state index contributed by atoms with van der Waals surface area (Å²) in [5.74, 6) is -1.83. The van der Waals surface area contributed by atoms with Crippen LogP contribution in [0.25, 0.3) is 0 Å². The van der Waals surface area contributed by atoms with E-state index >= 15 is 0 Å². The maximum atomic E-state index is 12.9. The highest BCUT2D eigenvalue weighted by Gasteiger charge is 2.37. The maximum Gasteiger partial charge on any atom is 0.340 e. The van der Waals surface area contributed by atoms with Crippen LogP contribution in [0.3, 0.4) is 0 Å². The number of nitro benzene ring substituents is 1. The third-order valence-corrected chi connectivity index (χ3v) is 4.57. The Kier molecular flexibility index (Phi) is 5.26. The van der Waals surface area contributed by atoms with Crippen LogP contribution in [0.15, 0.2) is 29.4 Å². The van der Waals surface area contributed by atoms with E-state index in [0.717, 1.165) is 0 Å². The number of carbonyl (C=O) groups is 3. The van der Waals surface area contributed by atoms with Crippen LogP contribution >= 0.6 is 0 Å². The SMILES string of the molecule is CCOC(=O)c1c(C)c2n(c1C)CC(=O)N(N=Cc1cccc([N+](=O)[O-])c1)C2=O. The van der Waals surface area contributed by atoms with Gasteiger partial charge in [-0.1, -0.05) is 12.1 Å². The Balaban J connectivity index is 1.96. The van der Waals surface area contributed by atoms with Crippen molar-refractivity contribution in [2.45, 2.75) is 27.3 Å². The topological polar surface area (TPSA) is 124 Å². The van der Waals surface area contributed by atoms with Gasteiger partial charge in [0, 0.05) is 23.4 Å². The maximum absolute atomic E-state index is 12.9. The normalized spacial score (nSPS) is 13.7. The van der Waals surface area contributed by atoms with E-state index in [2.05, 4.69) is 5.10 Å². The molecule has 1 aliphatic rings. The van der Waals surface area contributed by atoms with Crippen molar-refractivity contribution in [3.63, 3.8) is 0 Å². The zero-order chi connectivity index (χ0) is 21.3. The number of esters is 1. The van der Waals surface area contributed by atoms with Crippen molar-refractivity contribution in [1.29, 1.82) is 0 Å². The third-order valence-electron chi connectivity index (χ3n) is 4.57. The summed E-state index contributed by atoms with van der Waals surface area (Å²) in [5.41, 5.74) is 1.55. The molecule has 0 unspecified atom stereocenters. The van der Waals surface area contributed by atoms with E-state index in [1.165, 1.54) is 29.0 Å². The molecule has 0 N–H and O–H groups in total. The molecule has 2 amide bonds. The Morgan fingerprint density at radius 1 is 1.34 bits per heavy atom. The van der Waals surface area contributed by atoms with Gasteiger partial charge in [0.15, 0.2) is 0 Å². The number of non-ortho nitro benzene ring substituents is 1. The summed E-state index contributed by atoms with van der Waals surface area (Å²) < 4.78 is 6.52. The van der Waals surface area contributed by atoms with Crippen LogP contribution in [0.4, 0.5) is 5.69 Å². The molecule has 29 heavy (non-hydrogen) atoms. The zero-order valence-electron chi connectivity index (χ0n) is 16.0. The van der Waals surface area contributed by atoms with Crippen LogP contribution in [0, 0.1) is 24.0 Å². The number of fused-ring (bicyclic) bond motifs is 1. The summed E-state index contributed by atoms with van der Waals surface area (Å²) >= 11 is 0. The average Bonchev–Trinajstić information content (AvgIpc) is 2.92. The van der Waals surface area contributed by atoms with Crippen LogP contribution in [0.1, 0.15) is 44.6 Å². The van der Waals surface area contributed by atoms with Gasteiger partial charge in [0.2, 0.25) is 0 Å². The number of aromatic nitrogens is 1. The highest BCUT2D eigenvalue weighted by molar-refractivity contribution is 6.09. The molecule has 0 bridgehead atoms. The number of nitro groups is 1. The molecule has 1 aromatic heterocycles. The third kappa shape index (κ3) is 3.51. The van der Waals surface area contributed by atoms with Crippen molar-refractivity contribution < 1.29 is 24.0 Å². The fraction of sp³-hybridized carbons (Fsp3) is 0.263. The predicted molar refractivity (Wildman–Crippen MR) is 102 cm³/mol. The molecule has 0 fully saturated rings. The van der Waals surface area contributed by atoms with Crippen molar-refractivity contribution in [3.05, 3.63) is 62.5 Å². The van der Waals surface area contributed by atoms with Gasteiger partial charge in [0.1, 0.15) is 12.2 Å². The lowest BCUT2D eigenvalue weighted by molar-refractivity contribution is -0.384. The fourth-order valence-corrected chi connectivity index (χ4v) is 3.25. The summed E-state index contributed by atoms with van der Waals surface area (Å²) in [6, 6.07) is 5.64. The Hall–Kier alpha value is -3.82. The van der Waals surface area contributed by atoms with Crippen LogP contribution in [0.5, 0.6) is 0 Å². The van der Waals surface area contributed by atoms with Crippen molar-refractivity contribution in [1.82, 2.24) is 9.58 Å². The minimum atomic E-state index is -0.681. The minimum absolute atomic E-state index is 0.135. The van der Waals surface area contributed by atoms with Gasteiger partial charge in [0.25, 0.3) is 17.5 Å². The lowest BCUT2D eigenvalue weighted by Gasteiger charge is -2.23. The molecule has 2 heterocycles. The molecular formula is C19H18N4O6. The lowest BCUT2D eigenvalue weighted by atomic mass is 10.1. The second kappa shape index (κ2) is 7.66. The van der Waals surface area contributed by atoms with Crippen LogP contribution < -0.4 is 0 Å². The fourth-order valence-electron chi connectivity index (χ4n) is 3.25. The largest absolute Gasteiger partial charge is 0.462 e. The van der Waals surface area contributed by atoms with Gasteiger partial charge in [-0.2, -0.15) is 10.1 Å². The predicted octanol–water partition coefficient (Wildman–Crippen LogP) is 2.21. The molecule has 0 aliphatic carbocycles. The smallest absolute Gasteiger partial charge is 0.340 e. The molecule has 0 saturated carbocycles. The molecule has 0 spiro atoms. The van der Waals surface area contributed by atoms with Crippen molar-refractivity contribution in [2.24, 2.45) is 5.10 Å². The second-order valence-electron chi connectivity index (χ2n) is 6.35. The number of nitrogens with zero attached hydrogens (tertiary/aromatic N) is 4. The Morgan fingerprint density at radius 2 is 2.07 bits per heavy atom. The molecule has 3 rings (SSSR count). The first-order valence-corrected chi connectivity index (χ1v) is 8.78. The number of ether oxygens (including phenoxy) is 1. The first-order valence-electron chi connectivity index (χ1n) is 8.78. The van der Waals surface area contributed by atoms with Crippen LogP contribution in [-0.4, -0.2) is 45.1 Å². The van der Waals surface area contributed by atoms with E-state index in [-0.39, 0.29) is 30.1 Å². The van der Waals surface area contributed by atoms with E-state index in [0.29, 0.717) is 21.8 Å². The summed E-state index contributed by atoms with van der Waals surface area (Å²) in [7, 11) is 0. The van der Waals surface area contributed by atoms with E-state index in [4.69, 9.17) is 4.74 Å². The van der Waals surface area contributed by atoms with Gasteiger partial charge in [-0.15, -0.1) is 0 Å². The Labute approximate surface area is 165 Å². The highest BCUT2D eigenvalue weighted by atomic mass is 16.6. The number of imide groups is 1. The van der Waals surface area contributed by atoms with Gasteiger partial charge in [0.05, 0.1) is 23.3 Å². The molecule has 10 nitrogen and oxygen atoms in total. The minimum Gasteiger partial charge on any atom is -0.462 e. The molecule has 10 heteroatoms. The molecule has 1 aliphatic heterocycles. The molecule has 1 aromatic carbocycles. The van der Waals surface area contributed by atoms with Crippen LogP contribution in [-0.2, 0) is 16.1 Å². The summed E-state index contributed by atoms with van der Waals surface area (Å²) in [6.07, 6.45) is 1.20. The summed E-state index contributed by atoms with van der Waals surface area (Å²) in [5, 5.41) is 15.5. The lowest BCUT2D eigenvalue weighted by Crippen LogP contribution is -2.42. The van der Waals surface area contributed by atoms with Crippen molar-refractivity contribution in [3.8, 4) is 0 Å². The van der Waals surface area contributed by atoms with E-state index < -0.39 is 22.7 Å². The number of hydrogen-bond acceptors (Lipinski definition) is 7. The van der Waals surface area contributed by atoms with Crippen molar-refractivity contribution in [2.75, 3.05) is 6.61 Å². The Morgan fingerprint density at radius 3 is 2.72 bits per heavy atom. The van der Waals surface area contributed by atoms with E-state index in [9.17, 15) is 24.5 Å². The summed E-state index contributed by atoms with van der Waals surface area (Å²) in [6.45, 7) is 4.95. The number of rotatable bonds is 5. The molecular weight excluding hydrogens is 380 g/mol.